The van der Waals surface area contributed by atoms with Gasteiger partial charge in [0.15, 0.2) is 12.1 Å². The van der Waals surface area contributed by atoms with Crippen molar-refractivity contribution >= 4 is 23.4 Å². The van der Waals surface area contributed by atoms with E-state index in [0.29, 0.717) is 0 Å². The molecular weight excluding hydrogens is 160 g/mol. The van der Waals surface area contributed by atoms with E-state index < -0.39 is 22.9 Å². The number of aldehydes is 1. The molecule has 1 aliphatic rings. The number of hydrogen-bond donors (Lipinski definition) is 0. The van der Waals surface area contributed by atoms with Gasteiger partial charge in [0.2, 0.25) is 0 Å². The number of Topliss-reactive ketones (excluding diaryl/α,β-unsaturated/α-hetero) is 1. The van der Waals surface area contributed by atoms with Crippen molar-refractivity contribution in [1.29, 1.82) is 0 Å². The highest BCUT2D eigenvalue weighted by molar-refractivity contribution is 7.76. The summed E-state index contributed by atoms with van der Waals surface area (Å²) in [4.78, 5) is 20.6. The van der Waals surface area contributed by atoms with Gasteiger partial charge < -0.3 is 0 Å². The number of ketones is 1. The molecule has 1 saturated heterocycles. The van der Waals surface area contributed by atoms with Gasteiger partial charge in [0.1, 0.15) is 0 Å². The van der Waals surface area contributed by atoms with Crippen LogP contribution >= 0.6 is 0 Å². The van der Waals surface area contributed by atoms with Gasteiger partial charge in [0, 0.05) is 6.92 Å². The first-order valence-corrected chi connectivity index (χ1v) is 3.39. The summed E-state index contributed by atoms with van der Waals surface area (Å²) >= 11 is -1.93. The summed E-state index contributed by atoms with van der Waals surface area (Å²) in [5, 5.41) is 0. The summed E-state index contributed by atoms with van der Waals surface area (Å²) in [5.41, 5.74) is 0. The summed E-state index contributed by atoms with van der Waals surface area (Å²) in [6, 6.07) is 0. The van der Waals surface area contributed by atoms with Crippen molar-refractivity contribution in [3.63, 3.8) is 0 Å². The molecule has 0 aromatic carbocycles. The van der Waals surface area contributed by atoms with Crippen LogP contribution in [0.3, 0.4) is 0 Å². The highest BCUT2D eigenvalue weighted by Crippen LogP contribution is 2.25. The van der Waals surface area contributed by atoms with Crippen LogP contribution in [0.5, 0.6) is 0 Å². The Hall–Kier alpha value is -0.590. The number of hydrogen-bond acceptors (Lipinski definition) is 5. The number of carbonyl (C=O) groups excluding carboxylic acids is 2. The van der Waals surface area contributed by atoms with E-state index in [2.05, 4.69) is 8.37 Å². The van der Waals surface area contributed by atoms with Gasteiger partial charge in [0.25, 0.3) is 0 Å². The van der Waals surface area contributed by atoms with Crippen LogP contribution in [0, 0.1) is 0 Å². The van der Waals surface area contributed by atoms with E-state index in [-0.39, 0.29) is 6.29 Å². The van der Waals surface area contributed by atoms with E-state index in [1.165, 1.54) is 0 Å². The Morgan fingerprint density at radius 3 is 2.20 bits per heavy atom. The molecule has 1 aliphatic heterocycles. The van der Waals surface area contributed by atoms with E-state index in [4.69, 9.17) is 0 Å². The monoisotopic (exact) mass is 164 g/mol. The fraction of sp³-hybridized carbons (Fsp3) is 0.500. The molecule has 0 bridgehead atoms. The largest absolute Gasteiger partial charge is 0.316 e. The lowest BCUT2D eigenvalue weighted by Crippen LogP contribution is -2.54. The van der Waals surface area contributed by atoms with Crippen molar-refractivity contribution in [3.05, 3.63) is 0 Å². The molecule has 56 valence electrons. The molecule has 1 rings (SSSR count). The van der Waals surface area contributed by atoms with Gasteiger partial charge >= 0.3 is 17.1 Å². The van der Waals surface area contributed by atoms with Crippen molar-refractivity contribution in [2.24, 2.45) is 0 Å². The van der Waals surface area contributed by atoms with Gasteiger partial charge in [0.05, 0.1) is 0 Å². The molecule has 0 amide bonds. The zero-order chi connectivity index (χ0) is 7.78. The minimum Gasteiger partial charge on any atom is -0.297 e. The third kappa shape index (κ3) is 0.898. The fourth-order valence-electron chi connectivity index (χ4n) is 0.448. The zero-order valence-corrected chi connectivity index (χ0v) is 5.84. The van der Waals surface area contributed by atoms with Crippen molar-refractivity contribution in [3.8, 4) is 0 Å². The molecule has 0 radical (unpaired) electrons. The van der Waals surface area contributed by atoms with Gasteiger partial charge in [-0.05, 0) is 0 Å². The smallest absolute Gasteiger partial charge is 0.297 e. The van der Waals surface area contributed by atoms with E-state index in [0.717, 1.165) is 6.92 Å². The first-order valence-electron chi connectivity index (χ1n) is 2.39. The minimum atomic E-state index is -1.93. The lowest BCUT2D eigenvalue weighted by Gasteiger charge is -2.30. The quantitative estimate of drug-likeness (QED) is 0.390. The topological polar surface area (TPSA) is 69.7 Å². The molecule has 10 heavy (non-hydrogen) atoms. The molecule has 0 aromatic rings. The van der Waals surface area contributed by atoms with Crippen LogP contribution in [0.2, 0.25) is 0 Å². The molecule has 5 nitrogen and oxygen atoms in total. The molecule has 6 heteroatoms. The highest BCUT2D eigenvalue weighted by atomic mass is 32.2. The Morgan fingerprint density at radius 1 is 1.60 bits per heavy atom. The summed E-state index contributed by atoms with van der Waals surface area (Å²) < 4.78 is 18.7. The first kappa shape index (κ1) is 7.52. The Kier molecular flexibility index (Phi) is 1.67. The fourth-order valence-corrected chi connectivity index (χ4v) is 1.18. The Balaban J connectivity index is 2.74. The van der Waals surface area contributed by atoms with Crippen LogP contribution in [0.1, 0.15) is 6.92 Å². The van der Waals surface area contributed by atoms with Crippen LogP contribution in [0.25, 0.3) is 0 Å². The Bertz CT molecular complexity index is 202. The zero-order valence-electron chi connectivity index (χ0n) is 5.03. The van der Waals surface area contributed by atoms with Crippen molar-refractivity contribution in [1.82, 2.24) is 0 Å². The molecule has 0 unspecified atom stereocenters. The lowest BCUT2D eigenvalue weighted by molar-refractivity contribution is -0.183. The summed E-state index contributed by atoms with van der Waals surface area (Å²) in [7, 11) is 0. The second kappa shape index (κ2) is 2.22. The minimum absolute atomic E-state index is 0.177. The van der Waals surface area contributed by atoms with E-state index in [9.17, 15) is 13.8 Å². The third-order valence-corrected chi connectivity index (χ3v) is 1.80. The summed E-state index contributed by atoms with van der Waals surface area (Å²) in [5.74, 6) is -2.49. The number of rotatable bonds is 2. The molecule has 0 atom stereocenters. The van der Waals surface area contributed by atoms with Crippen molar-refractivity contribution in [2.75, 3.05) is 0 Å². The first-order chi connectivity index (χ1) is 4.60. The van der Waals surface area contributed by atoms with E-state index in [1.807, 2.05) is 0 Å². The normalized spacial score (nSPS) is 38.3. The van der Waals surface area contributed by atoms with Crippen LogP contribution in [0.4, 0.5) is 0 Å². The molecule has 0 aliphatic carbocycles. The second-order valence-corrected chi connectivity index (χ2v) is 2.45. The van der Waals surface area contributed by atoms with Gasteiger partial charge in [-0.2, -0.15) is 4.21 Å². The van der Waals surface area contributed by atoms with Crippen LogP contribution in [-0.4, -0.2) is 22.1 Å². The SMILES string of the molecule is CC(=O)C1(C=O)OS(=O)O1. The average molecular weight is 164 g/mol. The molecular formula is C4H4O5S. The molecule has 1 heterocycles. The molecule has 0 aromatic heterocycles. The van der Waals surface area contributed by atoms with Crippen LogP contribution in [-0.2, 0) is 29.3 Å². The molecule has 1 fully saturated rings. The van der Waals surface area contributed by atoms with E-state index in [1.54, 1.807) is 0 Å². The second-order valence-electron chi connectivity index (χ2n) is 1.71. The van der Waals surface area contributed by atoms with Crippen LogP contribution in [0.15, 0.2) is 0 Å². The maximum Gasteiger partial charge on any atom is 0.316 e. The van der Waals surface area contributed by atoms with Gasteiger partial charge in [-0.15, -0.1) is 0 Å². The van der Waals surface area contributed by atoms with Crippen molar-refractivity contribution in [2.45, 2.75) is 12.7 Å². The Morgan fingerprint density at radius 2 is 2.10 bits per heavy atom. The maximum absolute atomic E-state index is 10.5. The Labute approximate surface area is 59.2 Å². The number of carbonyl (C=O) groups is 2. The summed E-state index contributed by atoms with van der Waals surface area (Å²) in [6.45, 7) is 1.12. The van der Waals surface area contributed by atoms with Crippen molar-refractivity contribution < 1.29 is 22.2 Å². The molecule has 0 saturated carbocycles. The van der Waals surface area contributed by atoms with Gasteiger partial charge in [-0.25, -0.2) is 8.37 Å². The van der Waals surface area contributed by atoms with Gasteiger partial charge in [-0.3, -0.25) is 9.59 Å². The maximum atomic E-state index is 10.5. The van der Waals surface area contributed by atoms with Gasteiger partial charge in [-0.1, -0.05) is 0 Å². The summed E-state index contributed by atoms with van der Waals surface area (Å²) in [6.07, 6.45) is 0.177. The predicted molar refractivity (Wildman–Crippen MR) is 29.8 cm³/mol. The highest BCUT2D eigenvalue weighted by Gasteiger charge is 2.52. The predicted octanol–water partition coefficient (Wildman–Crippen LogP) is -0.904. The lowest BCUT2D eigenvalue weighted by atomic mass is 10.2. The molecule has 0 spiro atoms. The average Bonchev–Trinajstić information content (AvgIpc) is 1.79. The standard InChI is InChI=1S/C4H4O5S/c1-3(6)4(2-5)8-10(7)9-4/h2H,1H3. The van der Waals surface area contributed by atoms with Crippen LogP contribution < -0.4 is 0 Å². The molecule has 0 N–H and O–H groups in total. The van der Waals surface area contributed by atoms with E-state index >= 15 is 0 Å². The third-order valence-electron chi connectivity index (χ3n) is 1.03.